The highest BCUT2D eigenvalue weighted by atomic mass is 32.2. The van der Waals surface area contributed by atoms with E-state index in [9.17, 15) is 13.2 Å². The molecule has 140 valence electrons. The first-order valence-electron chi connectivity index (χ1n) is 8.04. The van der Waals surface area contributed by atoms with E-state index in [0.29, 0.717) is 18.9 Å². The minimum absolute atomic E-state index is 0.00629. The lowest BCUT2D eigenvalue weighted by Crippen LogP contribution is -2.49. The minimum atomic E-state index is -3.86. The second-order valence-corrected chi connectivity index (χ2v) is 7.85. The molecule has 0 saturated carbocycles. The molecule has 9 nitrogen and oxygen atoms in total. The molecule has 1 aromatic heterocycles. The zero-order valence-corrected chi connectivity index (χ0v) is 15.4. The summed E-state index contributed by atoms with van der Waals surface area (Å²) in [5, 5.41) is 3.20. The number of primary amides is 1. The van der Waals surface area contributed by atoms with Crippen molar-refractivity contribution in [3.05, 3.63) is 42.0 Å². The fourth-order valence-corrected chi connectivity index (χ4v) is 4.68. The molecule has 0 bridgehead atoms. The average Bonchev–Trinajstić information content (AvgIpc) is 3.06. The zero-order valence-electron chi connectivity index (χ0n) is 14.5. The molecule has 2 aromatic rings. The molecule has 0 spiro atoms. The Hall–Kier alpha value is -2.43. The van der Waals surface area contributed by atoms with Gasteiger partial charge in [-0.1, -0.05) is 0 Å². The van der Waals surface area contributed by atoms with Gasteiger partial charge in [0.1, 0.15) is 11.6 Å². The predicted octanol–water partition coefficient (Wildman–Crippen LogP) is -0.137. The van der Waals surface area contributed by atoms with Crippen LogP contribution in [0.2, 0.25) is 0 Å². The molecule has 1 saturated heterocycles. The second kappa shape index (κ2) is 7.06. The SMILES string of the molecule is COc1ccc(S(=O)(=O)N2CCNCC2c2nccn2C)cc1C(N)=O. The molecule has 10 heteroatoms. The van der Waals surface area contributed by atoms with Crippen molar-refractivity contribution in [1.82, 2.24) is 19.2 Å². The fraction of sp³-hybridized carbons (Fsp3) is 0.375. The van der Waals surface area contributed by atoms with Crippen LogP contribution < -0.4 is 15.8 Å². The van der Waals surface area contributed by atoms with Crippen LogP contribution in [-0.4, -0.2) is 54.9 Å². The highest BCUT2D eigenvalue weighted by Crippen LogP contribution is 2.30. The Kier molecular flexibility index (Phi) is 4.99. The first-order valence-corrected chi connectivity index (χ1v) is 9.48. The standard InChI is InChI=1S/C16H21N5O4S/c1-20-7-6-19-16(20)13-10-18-5-8-21(13)26(23,24)11-3-4-14(25-2)12(9-11)15(17)22/h3-4,6-7,9,13,18H,5,8,10H2,1-2H3,(H2,17,22). The second-order valence-electron chi connectivity index (χ2n) is 5.96. The lowest BCUT2D eigenvalue weighted by atomic mass is 10.2. The number of nitrogens with zero attached hydrogens (tertiary/aromatic N) is 3. The van der Waals surface area contributed by atoms with Gasteiger partial charge in [-0.25, -0.2) is 13.4 Å². The molecule has 2 heterocycles. The van der Waals surface area contributed by atoms with E-state index in [1.165, 1.54) is 29.6 Å². The summed E-state index contributed by atoms with van der Waals surface area (Å²) in [5.74, 6) is 0.127. The highest BCUT2D eigenvalue weighted by molar-refractivity contribution is 7.89. The summed E-state index contributed by atoms with van der Waals surface area (Å²) in [6.45, 7) is 1.26. The van der Waals surface area contributed by atoms with Crippen molar-refractivity contribution in [2.24, 2.45) is 12.8 Å². The number of amides is 1. The monoisotopic (exact) mass is 379 g/mol. The van der Waals surface area contributed by atoms with Crippen LogP contribution in [0.1, 0.15) is 22.2 Å². The number of nitrogens with two attached hydrogens (primary N) is 1. The number of benzene rings is 1. The number of rotatable bonds is 5. The maximum Gasteiger partial charge on any atom is 0.252 e. The molecule has 1 aromatic carbocycles. The van der Waals surface area contributed by atoms with E-state index in [0.717, 1.165) is 0 Å². The van der Waals surface area contributed by atoms with Crippen LogP contribution in [0.5, 0.6) is 5.75 Å². The third kappa shape index (κ3) is 3.18. The number of hydrogen-bond acceptors (Lipinski definition) is 6. The van der Waals surface area contributed by atoms with Gasteiger partial charge in [0.2, 0.25) is 10.0 Å². The lowest BCUT2D eigenvalue weighted by Gasteiger charge is -2.34. The van der Waals surface area contributed by atoms with E-state index in [-0.39, 0.29) is 22.8 Å². The van der Waals surface area contributed by atoms with Crippen LogP contribution in [-0.2, 0) is 17.1 Å². The molecule has 3 N–H and O–H groups in total. The van der Waals surface area contributed by atoms with Crippen molar-refractivity contribution in [3.8, 4) is 5.75 Å². The van der Waals surface area contributed by atoms with Crippen molar-refractivity contribution >= 4 is 15.9 Å². The van der Waals surface area contributed by atoms with Gasteiger partial charge in [0.25, 0.3) is 5.91 Å². The molecule has 26 heavy (non-hydrogen) atoms. The summed E-state index contributed by atoms with van der Waals surface area (Å²) in [4.78, 5) is 15.9. The molecule has 0 radical (unpaired) electrons. The Bertz CT molecular complexity index is 924. The molecule has 1 unspecified atom stereocenters. The van der Waals surface area contributed by atoms with Crippen molar-refractivity contribution in [1.29, 1.82) is 0 Å². The number of aryl methyl sites for hydroxylation is 1. The number of carbonyl (C=O) groups excluding carboxylic acids is 1. The Morgan fingerprint density at radius 1 is 1.42 bits per heavy atom. The van der Waals surface area contributed by atoms with Crippen molar-refractivity contribution in [3.63, 3.8) is 0 Å². The van der Waals surface area contributed by atoms with Gasteiger partial charge in [0, 0.05) is 39.1 Å². The van der Waals surface area contributed by atoms with E-state index in [2.05, 4.69) is 10.3 Å². The van der Waals surface area contributed by atoms with Gasteiger partial charge in [-0.3, -0.25) is 4.79 Å². The van der Waals surface area contributed by atoms with E-state index >= 15 is 0 Å². The van der Waals surface area contributed by atoms with Gasteiger partial charge in [-0.2, -0.15) is 4.31 Å². The normalized spacial score (nSPS) is 18.6. The van der Waals surface area contributed by atoms with E-state index in [4.69, 9.17) is 10.5 Å². The van der Waals surface area contributed by atoms with Crippen LogP contribution in [0.4, 0.5) is 0 Å². The molecular formula is C16H21N5O4S. The van der Waals surface area contributed by atoms with Crippen LogP contribution in [0.3, 0.4) is 0 Å². The maximum atomic E-state index is 13.2. The number of nitrogens with one attached hydrogen (secondary N) is 1. The van der Waals surface area contributed by atoms with Gasteiger partial charge >= 0.3 is 0 Å². The third-order valence-electron chi connectivity index (χ3n) is 4.39. The van der Waals surface area contributed by atoms with E-state index < -0.39 is 22.0 Å². The predicted molar refractivity (Wildman–Crippen MR) is 94.2 cm³/mol. The van der Waals surface area contributed by atoms with Gasteiger partial charge in [0.15, 0.2) is 0 Å². The third-order valence-corrected chi connectivity index (χ3v) is 6.30. The quantitative estimate of drug-likeness (QED) is 0.746. The summed E-state index contributed by atoms with van der Waals surface area (Å²) in [5.41, 5.74) is 5.38. The van der Waals surface area contributed by atoms with Crippen molar-refractivity contribution < 1.29 is 17.9 Å². The minimum Gasteiger partial charge on any atom is -0.496 e. The first kappa shape index (κ1) is 18.4. The molecule has 0 aliphatic carbocycles. The fourth-order valence-electron chi connectivity index (χ4n) is 3.07. The molecular weight excluding hydrogens is 358 g/mol. The van der Waals surface area contributed by atoms with Gasteiger partial charge in [0.05, 0.1) is 23.6 Å². The molecule has 3 rings (SSSR count). The zero-order chi connectivity index (χ0) is 18.9. The molecule has 1 amide bonds. The van der Waals surface area contributed by atoms with Gasteiger partial charge in [-0.15, -0.1) is 0 Å². The van der Waals surface area contributed by atoms with Gasteiger partial charge in [-0.05, 0) is 18.2 Å². The van der Waals surface area contributed by atoms with Crippen LogP contribution >= 0.6 is 0 Å². The number of aromatic nitrogens is 2. The molecule has 1 atom stereocenters. The van der Waals surface area contributed by atoms with E-state index in [1.54, 1.807) is 17.0 Å². The molecule has 1 fully saturated rings. The number of sulfonamides is 1. The highest BCUT2D eigenvalue weighted by Gasteiger charge is 2.36. The summed E-state index contributed by atoms with van der Waals surface area (Å²) < 4.78 is 34.8. The number of hydrogen-bond donors (Lipinski definition) is 2. The summed E-state index contributed by atoms with van der Waals surface area (Å²) in [6.07, 6.45) is 3.40. The summed E-state index contributed by atoms with van der Waals surface area (Å²) in [7, 11) is -0.646. The van der Waals surface area contributed by atoms with Crippen LogP contribution in [0, 0.1) is 0 Å². The van der Waals surface area contributed by atoms with Crippen LogP contribution in [0.25, 0.3) is 0 Å². The van der Waals surface area contributed by atoms with Crippen molar-refractivity contribution in [2.45, 2.75) is 10.9 Å². The Balaban J connectivity index is 2.04. The number of carbonyl (C=O) groups is 1. The Labute approximate surface area is 151 Å². The van der Waals surface area contributed by atoms with E-state index in [1.807, 2.05) is 7.05 Å². The lowest BCUT2D eigenvalue weighted by molar-refractivity contribution is 0.0997. The number of piperazine rings is 1. The Morgan fingerprint density at radius 2 is 2.19 bits per heavy atom. The number of methoxy groups -OCH3 is 1. The number of imidazole rings is 1. The number of ether oxygens (including phenoxy) is 1. The van der Waals surface area contributed by atoms with Crippen molar-refractivity contribution in [2.75, 3.05) is 26.7 Å². The maximum absolute atomic E-state index is 13.2. The smallest absolute Gasteiger partial charge is 0.252 e. The van der Waals surface area contributed by atoms with Crippen LogP contribution in [0.15, 0.2) is 35.5 Å². The first-order chi connectivity index (χ1) is 12.4. The molecule has 1 aliphatic rings. The summed E-state index contributed by atoms with van der Waals surface area (Å²) >= 11 is 0. The molecule has 1 aliphatic heterocycles. The average molecular weight is 379 g/mol. The summed E-state index contributed by atoms with van der Waals surface area (Å²) in [6, 6.07) is 3.66. The topological polar surface area (TPSA) is 120 Å². The largest absolute Gasteiger partial charge is 0.496 e. The van der Waals surface area contributed by atoms with Gasteiger partial charge < -0.3 is 20.4 Å². The Morgan fingerprint density at radius 3 is 2.81 bits per heavy atom.